The summed E-state index contributed by atoms with van der Waals surface area (Å²) in [5.41, 5.74) is -0.511. The van der Waals surface area contributed by atoms with E-state index in [1.165, 1.54) is 10.8 Å². The lowest BCUT2D eigenvalue weighted by Gasteiger charge is -2.13. The topological polar surface area (TPSA) is 75.1 Å². The summed E-state index contributed by atoms with van der Waals surface area (Å²) in [5, 5.41) is 8.98. The second-order valence-electron chi connectivity index (χ2n) is 4.56. The fourth-order valence-corrected chi connectivity index (χ4v) is 2.32. The van der Waals surface area contributed by atoms with Crippen molar-refractivity contribution in [2.45, 2.75) is 32.0 Å². The molecule has 1 aromatic rings. The van der Waals surface area contributed by atoms with Crippen LogP contribution in [0, 0.1) is 12.8 Å². The van der Waals surface area contributed by atoms with Crippen LogP contribution < -0.4 is 11.2 Å². The number of aryl methyl sites for hydroxylation is 1. The van der Waals surface area contributed by atoms with E-state index in [9.17, 15) is 14.0 Å². The van der Waals surface area contributed by atoms with Gasteiger partial charge in [0.15, 0.2) is 0 Å². The summed E-state index contributed by atoms with van der Waals surface area (Å²) in [4.78, 5) is 25.0. The number of aromatic amines is 1. The average Bonchev–Trinajstić information content (AvgIpc) is 2.65. The van der Waals surface area contributed by atoms with Gasteiger partial charge >= 0.3 is 5.69 Å². The highest BCUT2D eigenvalue weighted by molar-refractivity contribution is 5.03. The maximum absolute atomic E-state index is 13.5. The number of rotatable bonds is 2. The number of aliphatic hydroxyl groups excluding tert-OH is 1. The third-order valence-corrected chi connectivity index (χ3v) is 3.36. The van der Waals surface area contributed by atoms with Crippen LogP contribution in [-0.2, 0) is 0 Å². The Labute approximate surface area is 96.9 Å². The van der Waals surface area contributed by atoms with Crippen LogP contribution in [0.15, 0.2) is 15.8 Å². The number of nitrogens with one attached hydrogen (secondary N) is 1. The molecule has 1 saturated carbocycles. The normalized spacial score (nSPS) is 28.5. The molecule has 1 aliphatic rings. The summed E-state index contributed by atoms with van der Waals surface area (Å²) in [6, 6.07) is -0.287. The molecular formula is C11H15FN2O3. The highest BCUT2D eigenvalue weighted by Crippen LogP contribution is 2.35. The number of nitrogens with zero attached hydrogens (tertiary/aromatic N) is 1. The van der Waals surface area contributed by atoms with Gasteiger partial charge in [0.2, 0.25) is 0 Å². The first-order valence-electron chi connectivity index (χ1n) is 5.60. The third-order valence-electron chi connectivity index (χ3n) is 3.36. The number of hydrogen-bond donors (Lipinski definition) is 2. The molecule has 5 nitrogen and oxygen atoms in total. The minimum atomic E-state index is -1.09. The van der Waals surface area contributed by atoms with Crippen molar-refractivity contribution in [2.24, 2.45) is 5.92 Å². The van der Waals surface area contributed by atoms with Gasteiger partial charge in [0, 0.05) is 30.3 Å². The molecule has 0 unspecified atom stereocenters. The number of halogens is 1. The zero-order valence-electron chi connectivity index (χ0n) is 9.52. The van der Waals surface area contributed by atoms with Crippen LogP contribution in [0.3, 0.4) is 0 Å². The minimum absolute atomic E-state index is 0.205. The maximum atomic E-state index is 13.5. The number of alkyl halides is 1. The summed E-state index contributed by atoms with van der Waals surface area (Å²) in [6.07, 6.45) is 0.988. The van der Waals surface area contributed by atoms with E-state index < -0.39 is 23.3 Å². The number of H-pyrrole nitrogens is 1. The molecule has 17 heavy (non-hydrogen) atoms. The van der Waals surface area contributed by atoms with Crippen molar-refractivity contribution < 1.29 is 9.50 Å². The lowest BCUT2D eigenvalue weighted by molar-refractivity contribution is 0.162. The minimum Gasteiger partial charge on any atom is -0.396 e. The Balaban J connectivity index is 2.34. The van der Waals surface area contributed by atoms with Gasteiger partial charge in [0.25, 0.3) is 5.56 Å². The van der Waals surface area contributed by atoms with E-state index in [2.05, 4.69) is 4.98 Å². The lowest BCUT2D eigenvalue weighted by Crippen LogP contribution is -2.32. The van der Waals surface area contributed by atoms with Crippen LogP contribution in [-0.4, -0.2) is 27.4 Å². The molecule has 6 heteroatoms. The van der Waals surface area contributed by atoms with Crippen LogP contribution in [0.1, 0.15) is 24.4 Å². The molecule has 1 aliphatic carbocycles. The molecule has 1 heterocycles. The van der Waals surface area contributed by atoms with Gasteiger partial charge in [-0.3, -0.25) is 14.3 Å². The van der Waals surface area contributed by atoms with Crippen LogP contribution >= 0.6 is 0 Å². The second-order valence-corrected chi connectivity index (χ2v) is 4.56. The van der Waals surface area contributed by atoms with Crippen LogP contribution in [0.25, 0.3) is 0 Å². The number of aliphatic hydroxyl groups is 1. The molecular weight excluding hydrogens is 227 g/mol. The molecule has 0 aromatic carbocycles. The summed E-state index contributed by atoms with van der Waals surface area (Å²) >= 11 is 0. The van der Waals surface area contributed by atoms with E-state index in [-0.39, 0.29) is 19.1 Å². The molecule has 2 N–H and O–H groups in total. The Hall–Kier alpha value is -1.43. The second kappa shape index (κ2) is 4.44. The van der Waals surface area contributed by atoms with Gasteiger partial charge in [0.05, 0.1) is 0 Å². The smallest absolute Gasteiger partial charge is 0.328 e. The van der Waals surface area contributed by atoms with Crippen molar-refractivity contribution in [1.82, 2.24) is 9.55 Å². The van der Waals surface area contributed by atoms with E-state index in [1.54, 1.807) is 6.92 Å². The van der Waals surface area contributed by atoms with Crippen molar-refractivity contribution in [3.8, 4) is 0 Å². The molecule has 0 radical (unpaired) electrons. The predicted octanol–water partition coefficient (Wildman–Crippen LogP) is 0.127. The fourth-order valence-electron chi connectivity index (χ4n) is 2.32. The van der Waals surface area contributed by atoms with Crippen molar-refractivity contribution in [3.63, 3.8) is 0 Å². The lowest BCUT2D eigenvalue weighted by atomic mass is 10.1. The van der Waals surface area contributed by atoms with Gasteiger partial charge in [-0.05, 0) is 19.8 Å². The maximum Gasteiger partial charge on any atom is 0.328 e. The molecule has 0 amide bonds. The van der Waals surface area contributed by atoms with Gasteiger partial charge in [-0.2, -0.15) is 0 Å². The Morgan fingerprint density at radius 3 is 2.82 bits per heavy atom. The van der Waals surface area contributed by atoms with Crippen LogP contribution in [0.5, 0.6) is 0 Å². The van der Waals surface area contributed by atoms with Gasteiger partial charge in [-0.15, -0.1) is 0 Å². The molecule has 0 bridgehead atoms. The molecule has 1 fully saturated rings. The quantitative estimate of drug-likeness (QED) is 0.773. The number of hydrogen-bond acceptors (Lipinski definition) is 3. The Bertz CT molecular complexity index is 522. The first-order valence-corrected chi connectivity index (χ1v) is 5.60. The highest BCUT2D eigenvalue weighted by Gasteiger charge is 2.35. The summed E-state index contributed by atoms with van der Waals surface area (Å²) < 4.78 is 14.8. The fraction of sp³-hybridized carbons (Fsp3) is 0.636. The molecule has 2 rings (SSSR count). The Morgan fingerprint density at radius 1 is 1.53 bits per heavy atom. The zero-order valence-corrected chi connectivity index (χ0v) is 9.52. The van der Waals surface area contributed by atoms with Crippen LogP contribution in [0.2, 0.25) is 0 Å². The molecule has 0 saturated heterocycles. The van der Waals surface area contributed by atoms with Crippen molar-refractivity contribution >= 4 is 0 Å². The van der Waals surface area contributed by atoms with Gasteiger partial charge < -0.3 is 5.11 Å². The largest absolute Gasteiger partial charge is 0.396 e. The predicted molar refractivity (Wildman–Crippen MR) is 59.8 cm³/mol. The van der Waals surface area contributed by atoms with Gasteiger partial charge in [-0.1, -0.05) is 0 Å². The summed E-state index contributed by atoms with van der Waals surface area (Å²) in [5.74, 6) is -0.417. The van der Waals surface area contributed by atoms with E-state index in [0.29, 0.717) is 12.0 Å². The number of aromatic nitrogens is 2. The van der Waals surface area contributed by atoms with E-state index >= 15 is 0 Å². The average molecular weight is 242 g/mol. The van der Waals surface area contributed by atoms with Crippen LogP contribution in [0.4, 0.5) is 4.39 Å². The summed E-state index contributed by atoms with van der Waals surface area (Å²) in [6.45, 7) is 1.38. The third kappa shape index (κ3) is 2.17. The Morgan fingerprint density at radius 2 is 2.24 bits per heavy atom. The molecule has 3 atom stereocenters. The van der Waals surface area contributed by atoms with Crippen molar-refractivity contribution in [3.05, 3.63) is 32.6 Å². The highest BCUT2D eigenvalue weighted by atomic mass is 19.1. The van der Waals surface area contributed by atoms with Crippen molar-refractivity contribution in [2.75, 3.05) is 6.61 Å². The first kappa shape index (κ1) is 12.0. The van der Waals surface area contributed by atoms with Gasteiger partial charge in [0.1, 0.15) is 6.17 Å². The first-order chi connectivity index (χ1) is 8.02. The summed E-state index contributed by atoms with van der Waals surface area (Å²) in [7, 11) is 0. The van der Waals surface area contributed by atoms with Crippen molar-refractivity contribution in [1.29, 1.82) is 0 Å². The van der Waals surface area contributed by atoms with E-state index in [1.807, 2.05) is 0 Å². The van der Waals surface area contributed by atoms with Gasteiger partial charge in [-0.25, -0.2) is 9.18 Å². The standard InChI is InChI=1S/C11H15FN2O3/c1-6-4-14(11(17)13-10(6)16)8-2-7(5-15)9(12)3-8/h4,7-9,15H,2-3,5H2,1H3,(H,13,16,17)/t7-,8-,9+/m1/s1. The Kier molecular flexibility index (Phi) is 3.15. The monoisotopic (exact) mass is 242 g/mol. The zero-order chi connectivity index (χ0) is 12.6. The molecule has 0 spiro atoms. The molecule has 1 aromatic heterocycles. The molecule has 94 valence electrons. The molecule has 0 aliphatic heterocycles. The SMILES string of the molecule is Cc1cn([C@@H]2C[C@H](CO)[C@@H](F)C2)c(=O)[nH]c1=O. The van der Waals surface area contributed by atoms with E-state index in [0.717, 1.165) is 0 Å². The van der Waals surface area contributed by atoms with E-state index in [4.69, 9.17) is 5.11 Å².